The lowest BCUT2D eigenvalue weighted by Crippen LogP contribution is -2.18. The number of halogens is 2. The zero-order chi connectivity index (χ0) is 19.9. The molecule has 1 amide bonds. The second-order valence-electron chi connectivity index (χ2n) is 5.62. The Morgan fingerprint density at radius 2 is 1.57 bits per heavy atom. The van der Waals surface area contributed by atoms with Crippen LogP contribution in [0, 0.1) is 0 Å². The normalized spacial score (nSPS) is 10.6. The van der Waals surface area contributed by atoms with Crippen molar-refractivity contribution < 1.29 is 14.3 Å². The van der Waals surface area contributed by atoms with Crippen LogP contribution in [0.15, 0.2) is 82.4 Å². The van der Waals surface area contributed by atoms with Crippen molar-refractivity contribution in [1.29, 1.82) is 0 Å². The second-order valence-corrected chi connectivity index (χ2v) is 6.88. The molecule has 7 heteroatoms. The molecule has 0 aliphatic carbocycles. The molecule has 3 aromatic rings. The highest BCUT2D eigenvalue weighted by Crippen LogP contribution is 2.19. The van der Waals surface area contributed by atoms with E-state index < -0.39 is 5.97 Å². The van der Waals surface area contributed by atoms with Crippen molar-refractivity contribution in [2.75, 3.05) is 0 Å². The van der Waals surface area contributed by atoms with Crippen LogP contribution in [-0.2, 0) is 0 Å². The molecular formula is C21H14BrClN2O3. The Labute approximate surface area is 175 Å². The molecule has 1 N–H and O–H groups in total. The van der Waals surface area contributed by atoms with Gasteiger partial charge in [-0.2, -0.15) is 5.10 Å². The third kappa shape index (κ3) is 5.06. The standard InChI is InChI=1S/C21H14BrClN2O3/c22-18-7-3-1-5-16(18)20(26)25-24-13-14-9-11-15(12-10-14)28-21(27)17-6-2-4-8-19(17)23/h1-13H,(H,25,26)/b24-13-. The first-order valence-electron chi connectivity index (χ1n) is 8.19. The number of nitrogens with one attached hydrogen (secondary N) is 1. The molecule has 0 heterocycles. The highest BCUT2D eigenvalue weighted by molar-refractivity contribution is 9.10. The zero-order valence-electron chi connectivity index (χ0n) is 14.4. The molecule has 0 aliphatic rings. The summed E-state index contributed by atoms with van der Waals surface area (Å²) in [6.45, 7) is 0. The molecular weight excluding hydrogens is 444 g/mol. The molecule has 5 nitrogen and oxygen atoms in total. The van der Waals surface area contributed by atoms with E-state index in [-0.39, 0.29) is 5.91 Å². The Hall–Kier alpha value is -2.96. The Bertz CT molecular complexity index is 1040. The number of carbonyl (C=O) groups is 2. The van der Waals surface area contributed by atoms with Gasteiger partial charge in [-0.25, -0.2) is 10.2 Å². The summed E-state index contributed by atoms with van der Waals surface area (Å²) in [6, 6.07) is 20.4. The van der Waals surface area contributed by atoms with Crippen LogP contribution in [0.25, 0.3) is 0 Å². The predicted octanol–water partition coefficient (Wildman–Crippen LogP) is 5.09. The smallest absolute Gasteiger partial charge is 0.345 e. The minimum Gasteiger partial charge on any atom is -0.423 e. The lowest BCUT2D eigenvalue weighted by Gasteiger charge is -2.06. The van der Waals surface area contributed by atoms with Crippen LogP contribution in [0.5, 0.6) is 5.75 Å². The average molecular weight is 458 g/mol. The highest BCUT2D eigenvalue weighted by atomic mass is 79.9. The molecule has 0 spiro atoms. The number of ether oxygens (including phenoxy) is 1. The van der Waals surface area contributed by atoms with Crippen molar-refractivity contribution in [2.45, 2.75) is 0 Å². The van der Waals surface area contributed by atoms with Crippen LogP contribution in [0.4, 0.5) is 0 Å². The van der Waals surface area contributed by atoms with Gasteiger partial charge < -0.3 is 4.74 Å². The van der Waals surface area contributed by atoms with Crippen LogP contribution in [0.3, 0.4) is 0 Å². The molecule has 0 unspecified atom stereocenters. The maximum Gasteiger partial charge on any atom is 0.345 e. The first-order valence-corrected chi connectivity index (χ1v) is 9.36. The van der Waals surface area contributed by atoms with Crippen molar-refractivity contribution in [1.82, 2.24) is 5.43 Å². The Balaban J connectivity index is 1.59. The van der Waals surface area contributed by atoms with Gasteiger partial charge in [0.2, 0.25) is 0 Å². The minimum absolute atomic E-state index is 0.296. The van der Waals surface area contributed by atoms with Crippen molar-refractivity contribution in [3.8, 4) is 5.75 Å². The van der Waals surface area contributed by atoms with Gasteiger partial charge >= 0.3 is 5.97 Å². The number of hydrogen-bond donors (Lipinski definition) is 1. The van der Waals surface area contributed by atoms with E-state index in [1.165, 1.54) is 6.21 Å². The zero-order valence-corrected chi connectivity index (χ0v) is 16.8. The molecule has 3 rings (SSSR count). The van der Waals surface area contributed by atoms with Crippen LogP contribution in [-0.4, -0.2) is 18.1 Å². The van der Waals surface area contributed by atoms with Gasteiger partial charge in [0.15, 0.2) is 0 Å². The van der Waals surface area contributed by atoms with Gasteiger partial charge in [-0.1, -0.05) is 35.9 Å². The van der Waals surface area contributed by atoms with Gasteiger partial charge in [0, 0.05) is 4.47 Å². The lowest BCUT2D eigenvalue weighted by molar-refractivity contribution is 0.0734. The van der Waals surface area contributed by atoms with Crippen molar-refractivity contribution in [3.05, 3.63) is 99.0 Å². The van der Waals surface area contributed by atoms with E-state index >= 15 is 0 Å². The minimum atomic E-state index is -0.535. The topological polar surface area (TPSA) is 67.8 Å². The van der Waals surface area contributed by atoms with Gasteiger partial charge in [0.25, 0.3) is 5.91 Å². The van der Waals surface area contributed by atoms with E-state index in [9.17, 15) is 9.59 Å². The molecule has 0 saturated carbocycles. The van der Waals surface area contributed by atoms with E-state index in [2.05, 4.69) is 26.5 Å². The summed E-state index contributed by atoms with van der Waals surface area (Å²) in [5.74, 6) is -0.485. The van der Waals surface area contributed by atoms with Crippen molar-refractivity contribution in [3.63, 3.8) is 0 Å². The van der Waals surface area contributed by atoms with Gasteiger partial charge in [0.05, 0.1) is 22.4 Å². The van der Waals surface area contributed by atoms with Gasteiger partial charge in [0.1, 0.15) is 5.75 Å². The number of nitrogens with zero attached hydrogens (tertiary/aromatic N) is 1. The quantitative estimate of drug-likeness (QED) is 0.251. The fourth-order valence-corrected chi connectivity index (χ4v) is 2.96. The molecule has 0 bridgehead atoms. The van der Waals surface area contributed by atoms with Crippen LogP contribution in [0.1, 0.15) is 26.3 Å². The number of benzene rings is 3. The monoisotopic (exact) mass is 456 g/mol. The molecule has 140 valence electrons. The lowest BCUT2D eigenvalue weighted by atomic mass is 10.2. The number of carbonyl (C=O) groups excluding carboxylic acids is 2. The summed E-state index contributed by atoms with van der Waals surface area (Å²) in [4.78, 5) is 24.2. The number of hydrazone groups is 1. The SMILES string of the molecule is O=C(Oc1ccc(/C=N\NC(=O)c2ccccc2Br)cc1)c1ccccc1Cl. The summed E-state index contributed by atoms with van der Waals surface area (Å²) in [5.41, 5.74) is 3.97. The fourth-order valence-electron chi connectivity index (χ4n) is 2.28. The highest BCUT2D eigenvalue weighted by Gasteiger charge is 2.12. The van der Waals surface area contributed by atoms with Gasteiger partial charge in [-0.3, -0.25) is 4.79 Å². The van der Waals surface area contributed by atoms with Gasteiger partial charge in [-0.05, 0) is 70.0 Å². The summed E-state index contributed by atoms with van der Waals surface area (Å²) in [5, 5.41) is 4.27. The Morgan fingerprint density at radius 3 is 2.25 bits per heavy atom. The van der Waals surface area contributed by atoms with E-state index in [1.807, 2.05) is 6.07 Å². The summed E-state index contributed by atoms with van der Waals surface area (Å²) >= 11 is 9.31. The van der Waals surface area contributed by atoms with E-state index in [1.54, 1.807) is 66.7 Å². The molecule has 28 heavy (non-hydrogen) atoms. The molecule has 3 aromatic carbocycles. The van der Waals surface area contributed by atoms with Crippen molar-refractivity contribution in [2.24, 2.45) is 5.10 Å². The molecule has 0 radical (unpaired) electrons. The Kier molecular flexibility index (Phi) is 6.57. The number of rotatable bonds is 5. The molecule has 0 atom stereocenters. The van der Waals surface area contributed by atoms with Crippen LogP contribution >= 0.6 is 27.5 Å². The molecule has 0 aromatic heterocycles. The largest absolute Gasteiger partial charge is 0.423 e. The number of hydrogen-bond acceptors (Lipinski definition) is 4. The van der Waals surface area contributed by atoms with E-state index in [0.29, 0.717) is 26.4 Å². The number of amides is 1. The third-order valence-corrected chi connectivity index (χ3v) is 4.70. The fraction of sp³-hybridized carbons (Fsp3) is 0. The van der Waals surface area contributed by atoms with E-state index in [4.69, 9.17) is 16.3 Å². The van der Waals surface area contributed by atoms with Gasteiger partial charge in [-0.15, -0.1) is 0 Å². The summed E-state index contributed by atoms with van der Waals surface area (Å²) in [7, 11) is 0. The molecule has 0 fully saturated rings. The van der Waals surface area contributed by atoms with E-state index in [0.717, 1.165) is 5.56 Å². The third-order valence-electron chi connectivity index (χ3n) is 3.68. The summed E-state index contributed by atoms with van der Waals surface area (Å²) < 4.78 is 5.99. The van der Waals surface area contributed by atoms with Crippen LogP contribution in [0.2, 0.25) is 5.02 Å². The molecule has 0 saturated heterocycles. The Morgan fingerprint density at radius 1 is 0.929 bits per heavy atom. The number of esters is 1. The second kappa shape index (κ2) is 9.30. The maximum absolute atomic E-state index is 12.1. The maximum atomic E-state index is 12.1. The first-order chi connectivity index (χ1) is 13.5. The van der Waals surface area contributed by atoms with Crippen LogP contribution < -0.4 is 10.2 Å². The summed E-state index contributed by atoms with van der Waals surface area (Å²) in [6.07, 6.45) is 1.49. The molecule has 0 aliphatic heterocycles. The predicted molar refractivity (Wildman–Crippen MR) is 112 cm³/mol. The first kappa shape index (κ1) is 19.8. The van der Waals surface area contributed by atoms with Crippen molar-refractivity contribution >= 4 is 45.6 Å². The average Bonchev–Trinajstić information content (AvgIpc) is 2.70.